The Bertz CT molecular complexity index is 809. The van der Waals surface area contributed by atoms with Crippen LogP contribution in [0.15, 0.2) is 22.6 Å². The fourth-order valence-electron chi connectivity index (χ4n) is 3.00. The lowest BCUT2D eigenvalue weighted by molar-refractivity contribution is -0.131. The van der Waals surface area contributed by atoms with Crippen LogP contribution in [0.5, 0.6) is 0 Å². The maximum atomic E-state index is 13.0. The van der Waals surface area contributed by atoms with E-state index in [4.69, 9.17) is 12.2 Å². The van der Waals surface area contributed by atoms with E-state index in [1.54, 1.807) is 26.1 Å². The van der Waals surface area contributed by atoms with E-state index in [9.17, 15) is 13.2 Å². The van der Waals surface area contributed by atoms with Crippen LogP contribution >= 0.6 is 12.2 Å². The van der Waals surface area contributed by atoms with E-state index in [-0.39, 0.29) is 11.0 Å². The van der Waals surface area contributed by atoms with Crippen molar-refractivity contribution in [2.24, 2.45) is 4.36 Å². The summed E-state index contributed by atoms with van der Waals surface area (Å²) in [5.41, 5.74) is 0.767. The maximum absolute atomic E-state index is 13.0. The van der Waals surface area contributed by atoms with Crippen LogP contribution in [0.2, 0.25) is 0 Å². The lowest BCUT2D eigenvalue weighted by atomic mass is 9.88. The molecule has 1 aromatic rings. The number of thiocarbonyl (C=S) groups is 1. The largest absolute Gasteiger partial charge is 0.365 e. The van der Waals surface area contributed by atoms with E-state index in [1.165, 1.54) is 0 Å². The Hall–Kier alpha value is -1.84. The molecule has 0 aliphatic carbocycles. The number of nitrogens with zero attached hydrogens (tertiary/aromatic N) is 2. The molecule has 1 unspecified atom stereocenters. The van der Waals surface area contributed by atoms with Gasteiger partial charge in [-0.1, -0.05) is 12.1 Å². The quantitative estimate of drug-likeness (QED) is 0.769. The predicted octanol–water partition coefficient (Wildman–Crippen LogP) is 1.62. The number of carbonyl (C=O) groups excluding carboxylic acids is 1. The van der Waals surface area contributed by atoms with Crippen molar-refractivity contribution in [1.29, 1.82) is 0 Å². The standard InChI is InChI=1S/C16H22N4O3S2/c1-11-6-7-12(10-13(11)19-25(22)23)16(2,20-8-4-5-9-20)14(21)18-15(24)17-3/h6-7,10H,4-5,8-9H2,1-3H3,(H2,17,18,21,24). The minimum atomic E-state index is -2.55. The lowest BCUT2D eigenvalue weighted by Crippen LogP contribution is -2.55. The number of hydrogen-bond acceptors (Lipinski definition) is 6. The Morgan fingerprint density at radius 3 is 2.52 bits per heavy atom. The highest BCUT2D eigenvalue weighted by molar-refractivity contribution is 7.80. The van der Waals surface area contributed by atoms with E-state index < -0.39 is 16.0 Å². The summed E-state index contributed by atoms with van der Waals surface area (Å²) in [7, 11) is -0.914. The van der Waals surface area contributed by atoms with Gasteiger partial charge < -0.3 is 10.6 Å². The SMILES string of the molecule is CNC(=S)NC(=O)C(C)(c1ccc(C)c(N=S(=O)=O)c1)N1CCCC1. The number of hydrogen-bond donors (Lipinski definition) is 2. The van der Waals surface area contributed by atoms with Crippen molar-refractivity contribution < 1.29 is 13.2 Å². The smallest absolute Gasteiger partial charge is 0.316 e. The van der Waals surface area contributed by atoms with Crippen LogP contribution < -0.4 is 10.6 Å². The van der Waals surface area contributed by atoms with Gasteiger partial charge in [0.05, 0.1) is 5.69 Å². The summed E-state index contributed by atoms with van der Waals surface area (Å²) in [6.07, 6.45) is 2.01. The van der Waals surface area contributed by atoms with Crippen molar-refractivity contribution in [2.75, 3.05) is 20.1 Å². The first-order valence-electron chi connectivity index (χ1n) is 7.99. The first-order valence-corrected chi connectivity index (χ1v) is 9.43. The summed E-state index contributed by atoms with van der Waals surface area (Å²) in [5, 5.41) is 5.69. The van der Waals surface area contributed by atoms with Crippen LogP contribution in [0.3, 0.4) is 0 Å². The number of carbonyl (C=O) groups is 1. The lowest BCUT2D eigenvalue weighted by Gasteiger charge is -2.38. The van der Waals surface area contributed by atoms with Crippen molar-refractivity contribution in [3.8, 4) is 0 Å². The van der Waals surface area contributed by atoms with Crippen molar-refractivity contribution in [3.63, 3.8) is 0 Å². The van der Waals surface area contributed by atoms with E-state index in [0.717, 1.165) is 31.5 Å². The number of likely N-dealkylation sites (tertiary alicyclic amines) is 1. The molecule has 25 heavy (non-hydrogen) atoms. The third-order valence-electron chi connectivity index (χ3n) is 4.58. The Balaban J connectivity index is 2.54. The third-order valence-corrected chi connectivity index (χ3v) is 5.23. The Kier molecular flexibility index (Phi) is 6.26. The summed E-state index contributed by atoms with van der Waals surface area (Å²) in [5.74, 6) is -0.258. The van der Waals surface area contributed by atoms with Gasteiger partial charge in [0.1, 0.15) is 5.54 Å². The maximum Gasteiger partial charge on any atom is 0.316 e. The first-order chi connectivity index (χ1) is 11.8. The molecule has 1 aromatic carbocycles. The molecule has 1 aliphatic heterocycles. The molecule has 0 saturated carbocycles. The second kappa shape index (κ2) is 8.03. The molecule has 0 bridgehead atoms. The molecule has 7 nitrogen and oxygen atoms in total. The van der Waals surface area contributed by atoms with E-state index >= 15 is 0 Å². The van der Waals surface area contributed by atoms with Crippen LogP contribution in [0, 0.1) is 6.92 Å². The van der Waals surface area contributed by atoms with Gasteiger partial charge in [0.25, 0.3) is 5.91 Å². The minimum Gasteiger partial charge on any atom is -0.365 e. The Labute approximate surface area is 154 Å². The summed E-state index contributed by atoms with van der Waals surface area (Å²) in [6, 6.07) is 5.27. The fraction of sp³-hybridized carbons (Fsp3) is 0.500. The molecular weight excluding hydrogens is 360 g/mol. The highest BCUT2D eigenvalue weighted by Crippen LogP contribution is 2.35. The molecular formula is C16H22N4O3S2. The minimum absolute atomic E-state index is 0.244. The molecule has 136 valence electrons. The van der Waals surface area contributed by atoms with Gasteiger partial charge in [-0.2, -0.15) is 8.42 Å². The van der Waals surface area contributed by atoms with Crippen molar-refractivity contribution >= 4 is 39.4 Å². The highest BCUT2D eigenvalue weighted by Gasteiger charge is 2.42. The number of rotatable bonds is 4. The predicted molar refractivity (Wildman–Crippen MR) is 100 cm³/mol. The summed E-state index contributed by atoms with van der Waals surface area (Å²) >= 11 is 5.07. The molecule has 0 spiro atoms. The highest BCUT2D eigenvalue weighted by atomic mass is 32.2. The van der Waals surface area contributed by atoms with E-state index in [0.29, 0.717) is 11.3 Å². The van der Waals surface area contributed by atoms with Crippen LogP contribution in [0.4, 0.5) is 5.69 Å². The molecule has 1 aliphatic rings. The summed E-state index contributed by atoms with van der Waals surface area (Å²) in [4.78, 5) is 15.1. The van der Waals surface area contributed by atoms with Crippen molar-refractivity contribution in [3.05, 3.63) is 29.3 Å². The molecule has 1 atom stereocenters. The van der Waals surface area contributed by atoms with Gasteiger partial charge in [0, 0.05) is 7.05 Å². The van der Waals surface area contributed by atoms with Crippen LogP contribution in [0.1, 0.15) is 30.9 Å². The zero-order valence-electron chi connectivity index (χ0n) is 14.5. The van der Waals surface area contributed by atoms with Gasteiger partial charge >= 0.3 is 10.5 Å². The van der Waals surface area contributed by atoms with Crippen molar-refractivity contribution in [2.45, 2.75) is 32.2 Å². The van der Waals surface area contributed by atoms with Gasteiger partial charge in [-0.25, -0.2) is 0 Å². The number of aryl methyl sites for hydroxylation is 1. The molecule has 1 fully saturated rings. The zero-order chi connectivity index (χ0) is 18.6. The molecule has 1 saturated heterocycles. The summed E-state index contributed by atoms with van der Waals surface area (Å²) in [6.45, 7) is 5.17. The second-order valence-electron chi connectivity index (χ2n) is 6.11. The van der Waals surface area contributed by atoms with Crippen LogP contribution in [-0.2, 0) is 20.8 Å². The Morgan fingerprint density at radius 1 is 1.32 bits per heavy atom. The van der Waals surface area contributed by atoms with Crippen LogP contribution in [-0.4, -0.2) is 44.5 Å². The third kappa shape index (κ3) is 4.23. The van der Waals surface area contributed by atoms with E-state index in [1.807, 2.05) is 13.0 Å². The first kappa shape index (κ1) is 19.5. The monoisotopic (exact) mass is 382 g/mol. The second-order valence-corrected chi connectivity index (χ2v) is 7.13. The number of nitrogens with one attached hydrogen (secondary N) is 2. The number of benzene rings is 1. The van der Waals surface area contributed by atoms with Crippen molar-refractivity contribution in [1.82, 2.24) is 15.5 Å². The molecule has 0 radical (unpaired) electrons. The molecule has 1 amide bonds. The normalized spacial score (nSPS) is 16.8. The number of amides is 1. The molecule has 2 N–H and O–H groups in total. The molecule has 0 aromatic heterocycles. The average molecular weight is 383 g/mol. The molecule has 1 heterocycles. The van der Waals surface area contributed by atoms with Gasteiger partial charge in [0.15, 0.2) is 5.11 Å². The van der Waals surface area contributed by atoms with E-state index in [2.05, 4.69) is 19.9 Å². The topological polar surface area (TPSA) is 90.9 Å². The Morgan fingerprint density at radius 2 is 1.96 bits per heavy atom. The summed E-state index contributed by atoms with van der Waals surface area (Å²) < 4.78 is 25.6. The zero-order valence-corrected chi connectivity index (χ0v) is 16.1. The average Bonchev–Trinajstić information content (AvgIpc) is 3.10. The van der Waals surface area contributed by atoms with Gasteiger partial charge in [0.2, 0.25) is 0 Å². The molecule has 9 heteroatoms. The van der Waals surface area contributed by atoms with Gasteiger partial charge in [-0.15, -0.1) is 4.36 Å². The fourth-order valence-corrected chi connectivity index (χ4v) is 3.45. The van der Waals surface area contributed by atoms with Gasteiger partial charge in [-0.3, -0.25) is 9.69 Å². The molecule has 2 rings (SSSR count). The van der Waals surface area contributed by atoms with Gasteiger partial charge in [-0.05, 0) is 69.2 Å². The van der Waals surface area contributed by atoms with Crippen LogP contribution in [0.25, 0.3) is 0 Å².